The molecule has 18 heavy (non-hydrogen) atoms. The van der Waals surface area contributed by atoms with Gasteiger partial charge in [-0.3, -0.25) is 4.89 Å². The van der Waals surface area contributed by atoms with E-state index in [1.165, 1.54) is 6.61 Å². The van der Waals surface area contributed by atoms with Gasteiger partial charge in [0.15, 0.2) is 0 Å². The van der Waals surface area contributed by atoms with Gasteiger partial charge >= 0.3 is 5.97 Å². The van der Waals surface area contributed by atoms with Crippen LogP contribution in [0.3, 0.4) is 0 Å². The van der Waals surface area contributed by atoms with Crippen molar-refractivity contribution in [3.05, 3.63) is 36.4 Å². The van der Waals surface area contributed by atoms with Crippen molar-refractivity contribution in [3.63, 3.8) is 0 Å². The summed E-state index contributed by atoms with van der Waals surface area (Å²) in [4.78, 5) is 20.9. The second kappa shape index (κ2) is 7.71. The summed E-state index contributed by atoms with van der Waals surface area (Å²) < 4.78 is 5.41. The van der Waals surface area contributed by atoms with Crippen molar-refractivity contribution < 1.29 is 19.3 Å². The minimum Gasteiger partial charge on any atom is -0.494 e. The van der Waals surface area contributed by atoms with Crippen LogP contribution in [0.25, 0.3) is 0 Å². The lowest BCUT2D eigenvalue weighted by molar-refractivity contribution is -0.217. The summed E-state index contributed by atoms with van der Waals surface area (Å²) in [6.45, 7) is 8.00. The lowest BCUT2D eigenvalue weighted by Crippen LogP contribution is -2.06. The van der Waals surface area contributed by atoms with Crippen molar-refractivity contribution in [1.82, 2.24) is 0 Å². The topological polar surface area (TPSA) is 44.8 Å². The van der Waals surface area contributed by atoms with Crippen molar-refractivity contribution in [2.45, 2.75) is 27.2 Å². The monoisotopic (exact) mass is 251 g/mol. The quantitative estimate of drug-likeness (QED) is 0.550. The van der Waals surface area contributed by atoms with Crippen molar-refractivity contribution in [3.8, 4) is 5.75 Å². The van der Waals surface area contributed by atoms with E-state index < -0.39 is 5.97 Å². The zero-order valence-electron chi connectivity index (χ0n) is 11.0. The molecule has 0 aliphatic carbocycles. The van der Waals surface area contributed by atoms with Crippen LogP contribution >= 0.6 is 0 Å². The molecule has 0 fully saturated rings. The predicted octanol–water partition coefficient (Wildman–Crippen LogP) is 3.38. The fraction of sp³-hybridized carbons (Fsp3) is 0.429. The average molecular weight is 251 g/mol. The smallest absolute Gasteiger partial charge is 0.373 e. The first kappa shape index (κ1) is 14.5. The SMILES string of the molecule is CCCOc1ccc(C(=O)OO[CH]C(C)C)cc1. The standard InChI is InChI=1S/C14H19O4/c1-4-9-16-13-7-5-12(6-8-13)14(15)18-17-10-11(2)3/h5-8,10-11H,4,9H2,1-3H3. The van der Waals surface area contributed by atoms with Gasteiger partial charge in [-0.25, -0.2) is 4.79 Å². The summed E-state index contributed by atoms with van der Waals surface area (Å²) in [5, 5.41) is 0. The van der Waals surface area contributed by atoms with Gasteiger partial charge in [-0.15, -0.1) is 0 Å². The van der Waals surface area contributed by atoms with Crippen LogP contribution in [0.1, 0.15) is 37.6 Å². The third kappa shape index (κ3) is 5.19. The van der Waals surface area contributed by atoms with Gasteiger partial charge < -0.3 is 4.74 Å². The molecule has 0 heterocycles. The Morgan fingerprint density at radius 1 is 1.28 bits per heavy atom. The Morgan fingerprint density at radius 3 is 2.50 bits per heavy atom. The zero-order valence-corrected chi connectivity index (χ0v) is 11.0. The minimum atomic E-state index is -0.519. The first-order valence-corrected chi connectivity index (χ1v) is 6.07. The Hall–Kier alpha value is -1.55. The second-order valence-corrected chi connectivity index (χ2v) is 4.22. The van der Waals surface area contributed by atoms with Crippen LogP contribution in [-0.4, -0.2) is 12.6 Å². The molecule has 0 aliphatic heterocycles. The van der Waals surface area contributed by atoms with E-state index in [-0.39, 0.29) is 5.92 Å². The Kier molecular flexibility index (Phi) is 6.22. The molecule has 0 unspecified atom stereocenters. The Bertz CT molecular complexity index is 357. The van der Waals surface area contributed by atoms with Crippen molar-refractivity contribution in [2.75, 3.05) is 6.61 Å². The van der Waals surface area contributed by atoms with E-state index in [1.54, 1.807) is 24.3 Å². The van der Waals surface area contributed by atoms with Crippen LogP contribution in [0.5, 0.6) is 5.75 Å². The molecular formula is C14H19O4. The molecule has 4 nitrogen and oxygen atoms in total. The molecule has 0 N–H and O–H groups in total. The van der Waals surface area contributed by atoms with Crippen molar-refractivity contribution in [1.29, 1.82) is 0 Å². The molecule has 0 aromatic heterocycles. The number of rotatable bonds is 7. The average Bonchev–Trinajstić information content (AvgIpc) is 2.36. The fourth-order valence-corrected chi connectivity index (χ4v) is 1.14. The largest absolute Gasteiger partial charge is 0.494 e. The molecular weight excluding hydrogens is 232 g/mol. The van der Waals surface area contributed by atoms with Crippen LogP contribution in [0.4, 0.5) is 0 Å². The highest BCUT2D eigenvalue weighted by atomic mass is 17.2. The van der Waals surface area contributed by atoms with Crippen LogP contribution in [0.15, 0.2) is 24.3 Å². The van der Waals surface area contributed by atoms with E-state index >= 15 is 0 Å². The normalized spacial score (nSPS) is 10.4. The van der Waals surface area contributed by atoms with Crippen LogP contribution in [0, 0.1) is 12.5 Å². The molecule has 0 atom stereocenters. The number of ether oxygens (including phenoxy) is 1. The van der Waals surface area contributed by atoms with Crippen LogP contribution in [0.2, 0.25) is 0 Å². The number of benzene rings is 1. The summed E-state index contributed by atoms with van der Waals surface area (Å²) in [5.41, 5.74) is 0.427. The molecule has 0 aliphatic rings. The molecule has 1 radical (unpaired) electrons. The molecule has 1 aromatic carbocycles. The van der Waals surface area contributed by atoms with Gasteiger partial charge in [0.2, 0.25) is 0 Å². The van der Waals surface area contributed by atoms with Gasteiger partial charge in [0.25, 0.3) is 0 Å². The van der Waals surface area contributed by atoms with Gasteiger partial charge in [0.05, 0.1) is 12.2 Å². The molecule has 0 bridgehead atoms. The number of hydrogen-bond donors (Lipinski definition) is 0. The molecule has 0 amide bonds. The second-order valence-electron chi connectivity index (χ2n) is 4.22. The van der Waals surface area contributed by atoms with Crippen molar-refractivity contribution in [2.24, 2.45) is 5.92 Å². The molecule has 0 saturated heterocycles. The lowest BCUT2D eigenvalue weighted by Gasteiger charge is -2.06. The molecule has 0 spiro atoms. The van der Waals surface area contributed by atoms with Gasteiger partial charge in [-0.2, -0.15) is 4.89 Å². The number of carbonyl (C=O) groups excluding carboxylic acids is 1. The van der Waals surface area contributed by atoms with Gasteiger partial charge in [0, 0.05) is 0 Å². The third-order valence-corrected chi connectivity index (χ3v) is 2.01. The zero-order chi connectivity index (χ0) is 13.4. The highest BCUT2D eigenvalue weighted by molar-refractivity contribution is 5.89. The van der Waals surface area contributed by atoms with E-state index in [2.05, 4.69) is 4.89 Å². The van der Waals surface area contributed by atoms with Gasteiger partial charge in [0.1, 0.15) is 12.4 Å². The van der Waals surface area contributed by atoms with Crippen molar-refractivity contribution >= 4 is 5.97 Å². The maximum absolute atomic E-state index is 11.5. The highest BCUT2D eigenvalue weighted by Gasteiger charge is 2.09. The minimum absolute atomic E-state index is 0.197. The summed E-state index contributed by atoms with van der Waals surface area (Å²) in [7, 11) is 0. The molecule has 1 aromatic rings. The van der Waals surface area contributed by atoms with E-state index in [4.69, 9.17) is 9.62 Å². The van der Waals surface area contributed by atoms with Crippen LogP contribution in [-0.2, 0) is 9.78 Å². The maximum Gasteiger partial charge on any atom is 0.373 e. The predicted molar refractivity (Wildman–Crippen MR) is 67.9 cm³/mol. The fourth-order valence-electron chi connectivity index (χ4n) is 1.14. The number of carbonyl (C=O) groups is 1. The highest BCUT2D eigenvalue weighted by Crippen LogP contribution is 2.13. The first-order chi connectivity index (χ1) is 8.63. The number of hydrogen-bond acceptors (Lipinski definition) is 4. The Labute approximate surface area is 108 Å². The van der Waals surface area contributed by atoms with E-state index in [0.717, 1.165) is 12.2 Å². The Morgan fingerprint density at radius 2 is 1.94 bits per heavy atom. The summed E-state index contributed by atoms with van der Waals surface area (Å²) in [6.07, 6.45) is 0.947. The summed E-state index contributed by atoms with van der Waals surface area (Å²) >= 11 is 0. The summed E-state index contributed by atoms with van der Waals surface area (Å²) in [5.74, 6) is 0.416. The lowest BCUT2D eigenvalue weighted by atomic mass is 10.2. The van der Waals surface area contributed by atoms with E-state index in [0.29, 0.717) is 12.2 Å². The Balaban J connectivity index is 2.43. The molecule has 0 saturated carbocycles. The van der Waals surface area contributed by atoms with Gasteiger partial charge in [-0.05, 0) is 36.6 Å². The summed E-state index contributed by atoms with van der Waals surface area (Å²) in [6, 6.07) is 6.76. The van der Waals surface area contributed by atoms with Gasteiger partial charge in [-0.1, -0.05) is 20.8 Å². The van der Waals surface area contributed by atoms with E-state index in [9.17, 15) is 4.79 Å². The third-order valence-electron chi connectivity index (χ3n) is 2.01. The molecule has 99 valence electrons. The molecule has 4 heteroatoms. The van der Waals surface area contributed by atoms with Crippen LogP contribution < -0.4 is 4.74 Å². The van der Waals surface area contributed by atoms with E-state index in [1.807, 2.05) is 20.8 Å². The molecule has 1 rings (SSSR count). The maximum atomic E-state index is 11.5. The first-order valence-electron chi connectivity index (χ1n) is 6.07.